The minimum atomic E-state index is -4.63. The molecule has 0 radical (unpaired) electrons. The summed E-state index contributed by atoms with van der Waals surface area (Å²) < 4.78 is 42.4. The molecule has 1 unspecified atom stereocenters. The largest absolute Gasteiger partial charge is 0.496 e. The van der Waals surface area contributed by atoms with Crippen LogP contribution in [0.4, 0.5) is 13.2 Å². The molecule has 0 aliphatic carbocycles. The maximum atomic E-state index is 12.6. The molecule has 0 bridgehead atoms. The van der Waals surface area contributed by atoms with E-state index < -0.39 is 23.8 Å². The molecule has 1 atom stereocenters. The van der Waals surface area contributed by atoms with Crippen LogP contribution < -0.4 is 10.5 Å². The van der Waals surface area contributed by atoms with Crippen molar-refractivity contribution in [3.8, 4) is 5.75 Å². The van der Waals surface area contributed by atoms with Gasteiger partial charge in [-0.1, -0.05) is 6.07 Å². The topological polar surface area (TPSA) is 72.5 Å². The molecule has 1 aromatic rings. The van der Waals surface area contributed by atoms with E-state index in [4.69, 9.17) is 10.8 Å². The Kier molecular flexibility index (Phi) is 5.44. The highest BCUT2D eigenvalue weighted by molar-refractivity contribution is 5.85. The first-order valence-electron chi connectivity index (χ1n) is 4.51. The number of carbonyl (C=O) groups is 1. The maximum Gasteiger partial charge on any atom is 0.419 e. The van der Waals surface area contributed by atoms with Gasteiger partial charge in [-0.3, -0.25) is 4.79 Å². The third-order valence-corrected chi connectivity index (χ3v) is 2.15. The number of ether oxygens (including phenoxy) is 1. The second-order valence-electron chi connectivity index (χ2n) is 3.27. The van der Waals surface area contributed by atoms with Crippen molar-refractivity contribution in [3.63, 3.8) is 0 Å². The van der Waals surface area contributed by atoms with E-state index in [2.05, 4.69) is 4.74 Å². The van der Waals surface area contributed by atoms with Gasteiger partial charge < -0.3 is 15.6 Å². The van der Waals surface area contributed by atoms with Crippen LogP contribution in [0.25, 0.3) is 0 Å². The Hall–Kier alpha value is -1.47. The molecule has 1 rings (SSSR count). The van der Waals surface area contributed by atoms with Gasteiger partial charge in [0.05, 0.1) is 12.7 Å². The van der Waals surface area contributed by atoms with Crippen LogP contribution in [-0.2, 0) is 11.0 Å². The van der Waals surface area contributed by atoms with Crippen molar-refractivity contribution in [1.29, 1.82) is 0 Å². The zero-order chi connectivity index (χ0) is 13.2. The van der Waals surface area contributed by atoms with Gasteiger partial charge in [0, 0.05) is 0 Å². The first-order chi connectivity index (χ1) is 7.77. The van der Waals surface area contributed by atoms with Crippen LogP contribution in [0.1, 0.15) is 17.2 Å². The van der Waals surface area contributed by atoms with Gasteiger partial charge in [-0.15, -0.1) is 12.4 Å². The Bertz CT molecular complexity index is 437. The molecule has 0 aliphatic rings. The lowest BCUT2D eigenvalue weighted by Gasteiger charge is -2.14. The second kappa shape index (κ2) is 5.92. The van der Waals surface area contributed by atoms with Crippen molar-refractivity contribution in [1.82, 2.24) is 0 Å². The van der Waals surface area contributed by atoms with Gasteiger partial charge in [0.25, 0.3) is 0 Å². The number of carboxylic acids is 1. The quantitative estimate of drug-likeness (QED) is 0.893. The number of hydrogen-bond donors (Lipinski definition) is 2. The number of rotatable bonds is 3. The first kappa shape index (κ1) is 16.5. The van der Waals surface area contributed by atoms with Crippen LogP contribution in [0.2, 0.25) is 0 Å². The summed E-state index contributed by atoms with van der Waals surface area (Å²) in [5.41, 5.74) is 4.05. The molecule has 8 heteroatoms. The summed E-state index contributed by atoms with van der Waals surface area (Å²) in [6.45, 7) is 0. The number of nitrogens with two attached hydrogens (primary N) is 1. The molecule has 4 nitrogen and oxygen atoms in total. The molecule has 3 N–H and O–H groups in total. The predicted molar refractivity (Wildman–Crippen MR) is 59.8 cm³/mol. The summed E-state index contributed by atoms with van der Waals surface area (Å²) in [7, 11) is 1.10. The highest BCUT2D eigenvalue weighted by Gasteiger charge is 2.35. The van der Waals surface area contributed by atoms with Crippen LogP contribution in [-0.4, -0.2) is 18.2 Å². The highest BCUT2D eigenvalue weighted by Crippen LogP contribution is 2.37. The van der Waals surface area contributed by atoms with E-state index in [1.165, 1.54) is 6.07 Å². The van der Waals surface area contributed by atoms with Gasteiger partial charge in [-0.05, 0) is 17.7 Å². The molecule has 0 fully saturated rings. The Morgan fingerprint density at radius 2 is 2.00 bits per heavy atom. The lowest BCUT2D eigenvalue weighted by atomic mass is 10.0. The van der Waals surface area contributed by atoms with Crippen molar-refractivity contribution in [2.24, 2.45) is 5.73 Å². The smallest absolute Gasteiger partial charge is 0.419 e. The number of alkyl halides is 3. The average molecular weight is 286 g/mol. The van der Waals surface area contributed by atoms with Crippen molar-refractivity contribution in [2.45, 2.75) is 12.2 Å². The molecule has 0 aliphatic heterocycles. The first-order valence-corrected chi connectivity index (χ1v) is 4.51. The number of aliphatic carboxylic acids is 1. The lowest BCUT2D eigenvalue weighted by molar-refractivity contribution is -0.140. The summed E-state index contributed by atoms with van der Waals surface area (Å²) >= 11 is 0. The van der Waals surface area contributed by atoms with Gasteiger partial charge in [-0.2, -0.15) is 13.2 Å². The standard InChI is InChI=1S/C10H10F3NO3.ClH/c1-17-7-3-2-5(8(14)9(15)16)4-6(7)10(11,12)13;/h2-4,8H,14H2,1H3,(H,15,16);1H. The highest BCUT2D eigenvalue weighted by atomic mass is 35.5. The molecular formula is C10H11ClF3NO3. The van der Waals surface area contributed by atoms with Gasteiger partial charge in [-0.25, -0.2) is 0 Å². The van der Waals surface area contributed by atoms with E-state index in [0.29, 0.717) is 6.07 Å². The molecule has 102 valence electrons. The van der Waals surface area contributed by atoms with Gasteiger partial charge in [0.1, 0.15) is 11.8 Å². The molecule has 0 heterocycles. The molecular weight excluding hydrogens is 275 g/mol. The lowest BCUT2D eigenvalue weighted by Crippen LogP contribution is -2.21. The summed E-state index contributed by atoms with van der Waals surface area (Å²) in [5, 5.41) is 8.62. The molecule has 18 heavy (non-hydrogen) atoms. The minimum absolute atomic E-state index is 0. The normalized spacial score (nSPS) is 12.5. The number of benzene rings is 1. The van der Waals surface area contributed by atoms with Gasteiger partial charge in [0.15, 0.2) is 0 Å². The average Bonchev–Trinajstić information content (AvgIpc) is 2.25. The van der Waals surface area contributed by atoms with E-state index in [1.807, 2.05) is 0 Å². The third kappa shape index (κ3) is 3.51. The maximum absolute atomic E-state index is 12.6. The molecule has 0 saturated carbocycles. The third-order valence-electron chi connectivity index (χ3n) is 2.15. The fourth-order valence-corrected chi connectivity index (χ4v) is 1.28. The van der Waals surface area contributed by atoms with Crippen LogP contribution >= 0.6 is 12.4 Å². The van der Waals surface area contributed by atoms with Gasteiger partial charge >= 0.3 is 12.1 Å². The molecule has 1 aromatic carbocycles. The van der Waals surface area contributed by atoms with Crippen LogP contribution in [0.5, 0.6) is 5.75 Å². The van der Waals surface area contributed by atoms with E-state index >= 15 is 0 Å². The van der Waals surface area contributed by atoms with Crippen molar-refractivity contribution in [2.75, 3.05) is 7.11 Å². The molecule has 0 aromatic heterocycles. The van der Waals surface area contributed by atoms with Gasteiger partial charge in [0.2, 0.25) is 0 Å². The zero-order valence-electron chi connectivity index (χ0n) is 9.19. The zero-order valence-corrected chi connectivity index (χ0v) is 10.0. The predicted octanol–water partition coefficient (Wildman–Crippen LogP) is 2.22. The number of methoxy groups -OCH3 is 1. The fraction of sp³-hybridized carbons (Fsp3) is 0.300. The van der Waals surface area contributed by atoms with Crippen LogP contribution in [0.15, 0.2) is 18.2 Å². The summed E-state index contributed by atoms with van der Waals surface area (Å²) in [6.07, 6.45) is -4.63. The van der Waals surface area contributed by atoms with Crippen molar-refractivity contribution < 1.29 is 27.8 Å². The van der Waals surface area contributed by atoms with Crippen LogP contribution in [0.3, 0.4) is 0 Å². The second-order valence-corrected chi connectivity index (χ2v) is 3.27. The Morgan fingerprint density at radius 3 is 2.39 bits per heavy atom. The van der Waals surface area contributed by atoms with Crippen molar-refractivity contribution in [3.05, 3.63) is 29.3 Å². The van der Waals surface area contributed by atoms with E-state index in [0.717, 1.165) is 13.2 Å². The van der Waals surface area contributed by atoms with Crippen LogP contribution in [0, 0.1) is 0 Å². The SMILES string of the molecule is COc1ccc(C(N)C(=O)O)cc1C(F)(F)F.Cl. The number of halogens is 4. The van der Waals surface area contributed by atoms with Crippen molar-refractivity contribution >= 4 is 18.4 Å². The summed E-state index contributed by atoms with van der Waals surface area (Å²) in [4.78, 5) is 10.6. The minimum Gasteiger partial charge on any atom is -0.496 e. The molecule has 0 spiro atoms. The number of hydrogen-bond acceptors (Lipinski definition) is 3. The Balaban J connectivity index is 0.00000289. The molecule has 0 saturated heterocycles. The van der Waals surface area contributed by atoms with E-state index in [1.54, 1.807) is 0 Å². The fourth-order valence-electron chi connectivity index (χ4n) is 1.28. The Labute approximate surface area is 107 Å². The summed E-state index contributed by atoms with van der Waals surface area (Å²) in [5.74, 6) is -1.78. The number of carboxylic acid groups (broad SMARTS) is 1. The monoisotopic (exact) mass is 285 g/mol. The summed E-state index contributed by atoms with van der Waals surface area (Å²) in [6, 6.07) is 1.41. The molecule has 0 amide bonds. The van der Waals surface area contributed by atoms with E-state index in [9.17, 15) is 18.0 Å². The Morgan fingerprint density at radius 1 is 1.44 bits per heavy atom. The van der Waals surface area contributed by atoms with E-state index in [-0.39, 0.29) is 23.7 Å².